The van der Waals surface area contributed by atoms with Gasteiger partial charge in [-0.25, -0.2) is 4.98 Å². The van der Waals surface area contributed by atoms with Crippen LogP contribution in [0.4, 0.5) is 0 Å². The number of carboxylic acid groups (broad SMARTS) is 1. The van der Waals surface area contributed by atoms with Gasteiger partial charge in [0.2, 0.25) is 17.7 Å². The number of benzene rings is 3. The van der Waals surface area contributed by atoms with Gasteiger partial charge in [0.1, 0.15) is 35.6 Å². The second kappa shape index (κ2) is 19.7. The van der Waals surface area contributed by atoms with E-state index in [1.807, 2.05) is 124 Å². The number of fused-ring (bicyclic) bond motifs is 3. The van der Waals surface area contributed by atoms with Gasteiger partial charge in [0.25, 0.3) is 0 Å². The van der Waals surface area contributed by atoms with Gasteiger partial charge in [-0.05, 0) is 79.5 Å². The lowest BCUT2D eigenvalue weighted by molar-refractivity contribution is -0.144. The number of hydrogen-bond donors (Lipinski definition) is 4. The molecule has 3 aromatic heterocycles. The number of ether oxygens (including phenoxy) is 1. The highest BCUT2D eigenvalue weighted by Gasteiger charge is 2.45. The standard InChI is InChI=1S/C51H56N8O7S2/c1-27-30(4)68-50-43(27)44(54-39(22-42(62)63)47-57-56-31(5)59(47)50)35-16-14-34(15-17-35)37-11-9-10-32(20-37)24-66-25-41(61)55-46(51(6,7)8)49(65)58-23-38(60)21-40(58)48(64)53-28(2)33-12-18-36(19-13-33)45-29(3)52-26-67-45/h9-20,26,28,38-40,46,60H,21-25H2,1-8H3,(H,53,64)(H,55,61)(H,62,63)/t28?,38-,39+,40+,46?/m1/s1. The number of aliphatic imine (C=N–C) groups is 1. The van der Waals surface area contributed by atoms with E-state index in [-0.39, 0.29) is 44.5 Å². The second-order valence-electron chi connectivity index (χ2n) is 18.6. The molecule has 17 heteroatoms. The zero-order valence-corrected chi connectivity index (χ0v) is 41.0. The second-order valence-corrected chi connectivity index (χ2v) is 20.7. The van der Waals surface area contributed by atoms with Crippen LogP contribution in [0.1, 0.15) is 103 Å². The van der Waals surface area contributed by atoms with E-state index < -0.39 is 47.4 Å². The number of carbonyl (C=O) groups excluding carboxylic acids is 3. The third kappa shape index (κ3) is 10.1. The van der Waals surface area contributed by atoms with Crippen LogP contribution in [0.15, 0.2) is 83.3 Å². The number of aromatic nitrogens is 4. The fraction of sp³-hybridized carbons (Fsp3) is 0.373. The van der Waals surface area contributed by atoms with Gasteiger partial charge in [0.05, 0.1) is 47.0 Å². The van der Waals surface area contributed by atoms with Gasteiger partial charge in [0.15, 0.2) is 5.82 Å². The van der Waals surface area contributed by atoms with Crippen molar-refractivity contribution >= 4 is 52.1 Å². The Kier molecular flexibility index (Phi) is 13.9. The summed E-state index contributed by atoms with van der Waals surface area (Å²) >= 11 is 3.18. The van der Waals surface area contributed by atoms with Gasteiger partial charge < -0.3 is 30.5 Å². The molecule has 15 nitrogen and oxygen atoms in total. The van der Waals surface area contributed by atoms with Crippen LogP contribution in [0, 0.1) is 33.1 Å². The number of aryl methyl sites for hydroxylation is 3. The number of thiazole rings is 1. The van der Waals surface area contributed by atoms with E-state index >= 15 is 0 Å². The van der Waals surface area contributed by atoms with Crippen LogP contribution in [0.5, 0.6) is 0 Å². The summed E-state index contributed by atoms with van der Waals surface area (Å²) < 4.78 is 7.83. The maximum Gasteiger partial charge on any atom is 0.306 e. The van der Waals surface area contributed by atoms with Crippen LogP contribution in [-0.2, 0) is 30.5 Å². The summed E-state index contributed by atoms with van der Waals surface area (Å²) in [7, 11) is 0. The monoisotopic (exact) mass is 956 g/mol. The highest BCUT2D eigenvalue weighted by Crippen LogP contribution is 2.40. The maximum atomic E-state index is 14.2. The van der Waals surface area contributed by atoms with Crippen molar-refractivity contribution in [2.75, 3.05) is 13.2 Å². The van der Waals surface area contributed by atoms with Crippen molar-refractivity contribution in [2.24, 2.45) is 10.4 Å². The SMILES string of the molecule is Cc1ncsc1-c1ccc(C(C)NC(=O)[C@@H]2C[C@@H](O)CN2C(=O)C(NC(=O)COCc2cccc(-c3ccc(C4=N[C@@H](CC(=O)O)c5nnc(C)n5-c5sc(C)c(C)c54)cc3)c2)C(C)(C)C)cc1. The van der Waals surface area contributed by atoms with Crippen molar-refractivity contribution in [3.8, 4) is 26.6 Å². The molecule has 5 atom stereocenters. The van der Waals surface area contributed by atoms with Gasteiger partial charge in [-0.1, -0.05) is 87.5 Å². The van der Waals surface area contributed by atoms with Crippen LogP contribution in [0.25, 0.3) is 26.6 Å². The molecular formula is C51H56N8O7S2. The molecule has 2 aliphatic heterocycles. The highest BCUT2D eigenvalue weighted by atomic mass is 32.1. The highest BCUT2D eigenvalue weighted by molar-refractivity contribution is 7.15. The van der Waals surface area contributed by atoms with E-state index in [1.54, 1.807) is 22.7 Å². The van der Waals surface area contributed by atoms with Crippen LogP contribution >= 0.6 is 22.7 Å². The molecule has 2 aliphatic rings. The topological polar surface area (TPSA) is 201 Å². The third-order valence-electron chi connectivity index (χ3n) is 12.6. The maximum absolute atomic E-state index is 14.2. The van der Waals surface area contributed by atoms with E-state index in [4.69, 9.17) is 9.73 Å². The Morgan fingerprint density at radius 1 is 0.912 bits per heavy atom. The van der Waals surface area contributed by atoms with E-state index in [0.29, 0.717) is 17.4 Å². The molecule has 5 heterocycles. The number of amides is 3. The van der Waals surface area contributed by atoms with E-state index in [2.05, 4.69) is 39.7 Å². The lowest BCUT2D eigenvalue weighted by Gasteiger charge is -2.35. The van der Waals surface area contributed by atoms with Gasteiger partial charge >= 0.3 is 5.97 Å². The fourth-order valence-corrected chi connectivity index (χ4v) is 10.9. The molecule has 0 spiro atoms. The van der Waals surface area contributed by atoms with Crippen LogP contribution in [0.3, 0.4) is 0 Å². The minimum atomic E-state index is -0.999. The first-order valence-electron chi connectivity index (χ1n) is 22.6. The summed E-state index contributed by atoms with van der Waals surface area (Å²) in [5.41, 5.74) is 10.2. The summed E-state index contributed by atoms with van der Waals surface area (Å²) in [4.78, 5) is 66.4. The summed E-state index contributed by atoms with van der Waals surface area (Å²) in [6, 6.07) is 20.7. The molecule has 1 fully saturated rings. The minimum absolute atomic E-state index is 0.0343. The van der Waals surface area contributed by atoms with Gasteiger partial charge in [-0.2, -0.15) is 0 Å². The lowest BCUT2D eigenvalue weighted by atomic mass is 9.85. The van der Waals surface area contributed by atoms with E-state index in [1.165, 1.54) is 4.90 Å². The van der Waals surface area contributed by atoms with Crippen molar-refractivity contribution in [3.05, 3.63) is 128 Å². The Bertz CT molecular complexity index is 2900. The number of aliphatic carboxylic acids is 1. The van der Waals surface area contributed by atoms with E-state index in [9.17, 15) is 29.4 Å². The van der Waals surface area contributed by atoms with Crippen LogP contribution < -0.4 is 10.6 Å². The molecule has 3 amide bonds. The number of rotatable bonds is 14. The molecule has 68 heavy (non-hydrogen) atoms. The zero-order chi connectivity index (χ0) is 48.6. The molecule has 0 saturated carbocycles. The molecule has 1 saturated heterocycles. The zero-order valence-electron chi connectivity index (χ0n) is 39.4. The molecule has 3 aromatic carbocycles. The fourth-order valence-electron chi connectivity index (χ4n) is 8.83. The van der Waals surface area contributed by atoms with Gasteiger partial charge in [0, 0.05) is 29.0 Å². The van der Waals surface area contributed by atoms with Crippen molar-refractivity contribution in [1.82, 2.24) is 35.3 Å². The molecular weight excluding hydrogens is 901 g/mol. The quantitative estimate of drug-likeness (QED) is 0.0843. The summed E-state index contributed by atoms with van der Waals surface area (Å²) in [5, 5.41) is 36.0. The van der Waals surface area contributed by atoms with Crippen molar-refractivity contribution < 1.29 is 34.1 Å². The van der Waals surface area contributed by atoms with Crippen molar-refractivity contribution in [1.29, 1.82) is 0 Å². The Hall–Kier alpha value is -6.40. The molecule has 6 aromatic rings. The average Bonchev–Trinajstić information content (AvgIpc) is 4.07. The number of β-amino-alcohol motifs (C(OH)–C–C–N with tert-alkyl or cyclic N) is 1. The summed E-state index contributed by atoms with van der Waals surface area (Å²) in [6.45, 7) is 15.1. The van der Waals surface area contributed by atoms with Crippen molar-refractivity contribution in [2.45, 2.75) is 105 Å². The van der Waals surface area contributed by atoms with Crippen LogP contribution in [0.2, 0.25) is 0 Å². The molecule has 0 radical (unpaired) electrons. The number of thiophene rings is 1. The molecule has 0 bridgehead atoms. The first-order chi connectivity index (χ1) is 32.4. The number of carbonyl (C=O) groups is 4. The Morgan fingerprint density at radius 3 is 2.29 bits per heavy atom. The predicted molar refractivity (Wildman–Crippen MR) is 262 cm³/mol. The Morgan fingerprint density at radius 2 is 1.62 bits per heavy atom. The number of aliphatic hydroxyl groups is 1. The Balaban J connectivity index is 0.898. The predicted octanol–water partition coefficient (Wildman–Crippen LogP) is 7.61. The number of nitrogens with zero attached hydrogens (tertiary/aromatic N) is 6. The normalized spacial score (nSPS) is 17.7. The number of aliphatic hydroxyl groups excluding tert-OH is 1. The summed E-state index contributed by atoms with van der Waals surface area (Å²) in [5.74, 6) is -1.13. The summed E-state index contributed by atoms with van der Waals surface area (Å²) in [6.07, 6.45) is -1.04. The smallest absolute Gasteiger partial charge is 0.306 e. The molecule has 4 N–H and O–H groups in total. The lowest BCUT2D eigenvalue weighted by Crippen LogP contribution is -2.58. The van der Waals surface area contributed by atoms with Crippen LogP contribution in [-0.4, -0.2) is 95.6 Å². The molecule has 2 unspecified atom stereocenters. The van der Waals surface area contributed by atoms with Gasteiger partial charge in [-0.15, -0.1) is 32.9 Å². The average molecular weight is 957 g/mol. The first kappa shape index (κ1) is 48.1. The molecule has 8 rings (SSSR count). The number of hydrogen-bond acceptors (Lipinski definition) is 12. The minimum Gasteiger partial charge on any atom is -0.481 e. The first-order valence-corrected chi connectivity index (χ1v) is 24.3. The number of likely N-dealkylation sites (tertiary alicyclic amines) is 1. The van der Waals surface area contributed by atoms with Crippen molar-refractivity contribution in [3.63, 3.8) is 0 Å². The Labute approximate surface area is 403 Å². The van der Waals surface area contributed by atoms with Gasteiger partial charge in [-0.3, -0.25) is 28.7 Å². The largest absolute Gasteiger partial charge is 0.481 e. The van der Waals surface area contributed by atoms with E-state index in [0.717, 1.165) is 65.0 Å². The molecule has 354 valence electrons. The third-order valence-corrected chi connectivity index (χ3v) is 14.8. The number of carboxylic acids is 1. The number of nitrogens with one attached hydrogen (secondary N) is 2. The molecule has 0 aliphatic carbocycles.